The van der Waals surface area contributed by atoms with E-state index in [1.165, 1.54) is 0 Å². The Kier molecular flexibility index (Phi) is 7.56. The van der Waals surface area contributed by atoms with Crippen molar-refractivity contribution in [1.82, 2.24) is 5.32 Å². The second kappa shape index (κ2) is 9.20. The number of methoxy groups -OCH3 is 2. The van der Waals surface area contributed by atoms with Gasteiger partial charge in [-0.25, -0.2) is 0 Å². The topological polar surface area (TPSA) is 89.1 Å². The number of nitrogens with one attached hydrogen (secondary N) is 1. The van der Waals surface area contributed by atoms with Crippen molar-refractivity contribution >= 4 is 5.84 Å². The summed E-state index contributed by atoms with van der Waals surface area (Å²) in [5, 5.41) is 15.3. The highest BCUT2D eigenvalue weighted by molar-refractivity contribution is 5.99. The minimum atomic E-state index is 0.0377. The highest BCUT2D eigenvalue weighted by atomic mass is 16.5. The number of nitrogens with zero attached hydrogens (tertiary/aromatic N) is 1. The second-order valence-electron chi connectivity index (χ2n) is 4.84. The van der Waals surface area contributed by atoms with Crippen molar-refractivity contribution in [3.05, 3.63) is 29.3 Å². The Morgan fingerprint density at radius 3 is 2.76 bits per heavy atom. The zero-order valence-electron chi connectivity index (χ0n) is 12.9. The van der Waals surface area contributed by atoms with Crippen molar-refractivity contribution in [3.63, 3.8) is 0 Å². The maximum absolute atomic E-state index is 8.83. The van der Waals surface area contributed by atoms with Crippen molar-refractivity contribution in [2.24, 2.45) is 10.9 Å². The van der Waals surface area contributed by atoms with Gasteiger partial charge < -0.3 is 25.7 Å². The van der Waals surface area contributed by atoms with Crippen LogP contribution in [0.5, 0.6) is 5.75 Å². The molecule has 21 heavy (non-hydrogen) atoms. The fraction of sp³-hybridized carbons (Fsp3) is 0.533. The van der Waals surface area contributed by atoms with Gasteiger partial charge in [0.1, 0.15) is 5.75 Å². The van der Waals surface area contributed by atoms with Crippen molar-refractivity contribution in [3.8, 4) is 5.75 Å². The number of rotatable bonds is 9. The minimum absolute atomic E-state index is 0.0377. The number of oxime groups is 1. The standard InChI is InChI=1S/C15H25N3O3/c1-4-5-12(10-20-2)17-9-11-6-7-14(21-3)13(8-11)15(16)18-19/h6-8,12,17,19H,4-5,9-10H2,1-3H3,(H2,16,18). The third-order valence-electron chi connectivity index (χ3n) is 3.25. The molecule has 0 saturated heterocycles. The summed E-state index contributed by atoms with van der Waals surface area (Å²) in [6.07, 6.45) is 2.15. The molecule has 0 saturated carbocycles. The molecule has 0 aliphatic rings. The fourth-order valence-corrected chi connectivity index (χ4v) is 2.18. The number of ether oxygens (including phenoxy) is 2. The molecular weight excluding hydrogens is 270 g/mol. The summed E-state index contributed by atoms with van der Waals surface area (Å²) in [5.41, 5.74) is 7.29. The van der Waals surface area contributed by atoms with Crippen LogP contribution in [-0.4, -0.2) is 37.9 Å². The van der Waals surface area contributed by atoms with Gasteiger partial charge >= 0.3 is 0 Å². The van der Waals surface area contributed by atoms with E-state index in [2.05, 4.69) is 17.4 Å². The molecule has 0 aromatic heterocycles. The highest BCUT2D eigenvalue weighted by Gasteiger charge is 2.11. The lowest BCUT2D eigenvalue weighted by molar-refractivity contribution is 0.161. The van der Waals surface area contributed by atoms with Crippen LogP contribution in [0.2, 0.25) is 0 Å². The molecule has 0 bridgehead atoms. The third kappa shape index (κ3) is 5.24. The van der Waals surface area contributed by atoms with Crippen LogP contribution in [0.3, 0.4) is 0 Å². The molecular formula is C15H25N3O3. The first kappa shape index (κ1) is 17.3. The monoisotopic (exact) mass is 295 g/mol. The number of nitrogens with two attached hydrogens (primary N) is 1. The molecule has 0 amide bonds. The van der Waals surface area contributed by atoms with Crippen LogP contribution < -0.4 is 15.8 Å². The lowest BCUT2D eigenvalue weighted by Gasteiger charge is -2.18. The van der Waals surface area contributed by atoms with Gasteiger partial charge in [0.2, 0.25) is 0 Å². The number of amidine groups is 1. The van der Waals surface area contributed by atoms with Crippen LogP contribution in [0.1, 0.15) is 30.9 Å². The first-order valence-corrected chi connectivity index (χ1v) is 7.03. The van der Waals surface area contributed by atoms with Gasteiger partial charge in [0.15, 0.2) is 5.84 Å². The van der Waals surface area contributed by atoms with E-state index in [4.69, 9.17) is 20.4 Å². The molecule has 1 aromatic rings. The van der Waals surface area contributed by atoms with Crippen LogP contribution in [0, 0.1) is 0 Å². The van der Waals surface area contributed by atoms with E-state index < -0.39 is 0 Å². The second-order valence-corrected chi connectivity index (χ2v) is 4.84. The first-order chi connectivity index (χ1) is 10.2. The van der Waals surface area contributed by atoms with E-state index in [-0.39, 0.29) is 5.84 Å². The van der Waals surface area contributed by atoms with Gasteiger partial charge in [0, 0.05) is 19.7 Å². The van der Waals surface area contributed by atoms with Crippen LogP contribution in [0.4, 0.5) is 0 Å². The molecule has 0 aliphatic carbocycles. The Balaban J connectivity index is 2.79. The summed E-state index contributed by atoms with van der Waals surface area (Å²) in [6, 6.07) is 5.94. The predicted molar refractivity (Wildman–Crippen MR) is 82.9 cm³/mol. The predicted octanol–water partition coefficient (Wildman–Crippen LogP) is 1.69. The first-order valence-electron chi connectivity index (χ1n) is 7.03. The quantitative estimate of drug-likeness (QED) is 0.279. The Labute approximate surface area is 125 Å². The van der Waals surface area contributed by atoms with Crippen LogP contribution in [0.15, 0.2) is 23.4 Å². The Morgan fingerprint density at radius 1 is 1.43 bits per heavy atom. The van der Waals surface area contributed by atoms with Gasteiger partial charge in [0.25, 0.3) is 0 Å². The molecule has 1 aromatic carbocycles. The molecule has 6 heteroatoms. The van der Waals surface area contributed by atoms with E-state index in [9.17, 15) is 0 Å². The van der Waals surface area contributed by atoms with Crippen LogP contribution in [0.25, 0.3) is 0 Å². The lowest BCUT2D eigenvalue weighted by atomic mass is 10.1. The van der Waals surface area contributed by atoms with Gasteiger partial charge in [-0.2, -0.15) is 0 Å². The fourth-order valence-electron chi connectivity index (χ4n) is 2.18. The smallest absolute Gasteiger partial charge is 0.173 e. The van der Waals surface area contributed by atoms with Crippen molar-refractivity contribution in [1.29, 1.82) is 0 Å². The molecule has 1 atom stereocenters. The molecule has 0 fully saturated rings. The molecule has 0 spiro atoms. The van der Waals surface area contributed by atoms with Gasteiger partial charge in [-0.1, -0.05) is 24.6 Å². The third-order valence-corrected chi connectivity index (χ3v) is 3.25. The average Bonchev–Trinajstić information content (AvgIpc) is 2.52. The van der Waals surface area contributed by atoms with Crippen molar-refractivity contribution < 1.29 is 14.7 Å². The van der Waals surface area contributed by atoms with Gasteiger partial charge in [-0.15, -0.1) is 0 Å². The maximum atomic E-state index is 8.83. The van der Waals surface area contributed by atoms with Crippen LogP contribution in [-0.2, 0) is 11.3 Å². The zero-order valence-corrected chi connectivity index (χ0v) is 12.9. The average molecular weight is 295 g/mol. The van der Waals surface area contributed by atoms with Gasteiger partial charge in [-0.05, 0) is 24.1 Å². The van der Waals surface area contributed by atoms with Crippen LogP contribution >= 0.6 is 0 Å². The number of hydrogen-bond donors (Lipinski definition) is 3. The molecule has 6 nitrogen and oxygen atoms in total. The van der Waals surface area contributed by atoms with Crippen molar-refractivity contribution in [2.75, 3.05) is 20.8 Å². The largest absolute Gasteiger partial charge is 0.496 e. The van der Waals surface area contributed by atoms with E-state index in [1.54, 1.807) is 14.2 Å². The Hall–Kier alpha value is -1.79. The maximum Gasteiger partial charge on any atom is 0.173 e. The van der Waals surface area contributed by atoms with Gasteiger partial charge in [0.05, 0.1) is 19.3 Å². The van der Waals surface area contributed by atoms with E-state index in [1.807, 2.05) is 18.2 Å². The summed E-state index contributed by atoms with van der Waals surface area (Å²) in [5.74, 6) is 0.617. The van der Waals surface area contributed by atoms with Gasteiger partial charge in [-0.3, -0.25) is 0 Å². The SMILES string of the molecule is CCCC(COC)NCc1ccc(OC)c(C(N)=NO)c1. The van der Waals surface area contributed by atoms with E-state index in [0.717, 1.165) is 18.4 Å². The lowest BCUT2D eigenvalue weighted by Crippen LogP contribution is -2.32. The summed E-state index contributed by atoms with van der Waals surface area (Å²) in [4.78, 5) is 0. The molecule has 4 N–H and O–H groups in total. The minimum Gasteiger partial charge on any atom is -0.496 e. The summed E-state index contributed by atoms with van der Waals surface area (Å²) < 4.78 is 10.4. The van der Waals surface area contributed by atoms with E-state index in [0.29, 0.717) is 30.5 Å². The molecule has 0 aliphatic heterocycles. The Bertz CT molecular complexity index is 457. The molecule has 118 valence electrons. The molecule has 0 radical (unpaired) electrons. The zero-order chi connectivity index (χ0) is 15.7. The normalized spacial score (nSPS) is 13.2. The highest BCUT2D eigenvalue weighted by Crippen LogP contribution is 2.19. The number of benzene rings is 1. The van der Waals surface area contributed by atoms with E-state index >= 15 is 0 Å². The van der Waals surface area contributed by atoms with Crippen molar-refractivity contribution in [2.45, 2.75) is 32.4 Å². The summed E-state index contributed by atoms with van der Waals surface area (Å²) in [7, 11) is 3.26. The molecule has 1 unspecified atom stereocenters. The summed E-state index contributed by atoms with van der Waals surface area (Å²) in [6.45, 7) is 3.51. The summed E-state index contributed by atoms with van der Waals surface area (Å²) >= 11 is 0. The Morgan fingerprint density at radius 2 is 2.19 bits per heavy atom. The number of hydrogen-bond acceptors (Lipinski definition) is 5. The molecule has 0 heterocycles. The molecule has 1 rings (SSSR count).